The van der Waals surface area contributed by atoms with Gasteiger partial charge in [-0.05, 0) is 24.6 Å². The van der Waals surface area contributed by atoms with Crippen LogP contribution in [0.3, 0.4) is 0 Å². The van der Waals surface area contributed by atoms with Gasteiger partial charge in [0.2, 0.25) is 5.91 Å². The Kier molecular flexibility index (Phi) is 4.72. The fourth-order valence-corrected chi connectivity index (χ4v) is 1.13. The van der Waals surface area contributed by atoms with Gasteiger partial charge >= 0.3 is 0 Å². The van der Waals surface area contributed by atoms with Gasteiger partial charge in [-0.15, -0.1) is 0 Å². The van der Waals surface area contributed by atoms with Crippen LogP contribution < -0.4 is 11.1 Å². The Morgan fingerprint density at radius 3 is 2.94 bits per heavy atom. The SMILES string of the molecule is CCCOCC(=O)Nc1ccc(F)c(N)c1. The van der Waals surface area contributed by atoms with E-state index in [4.69, 9.17) is 10.5 Å². The molecule has 0 atom stereocenters. The number of nitrogen functional groups attached to an aromatic ring is 1. The van der Waals surface area contributed by atoms with Gasteiger partial charge in [0, 0.05) is 12.3 Å². The van der Waals surface area contributed by atoms with Crippen LogP contribution in [0.4, 0.5) is 15.8 Å². The molecule has 0 saturated heterocycles. The largest absolute Gasteiger partial charge is 0.396 e. The first-order valence-corrected chi connectivity index (χ1v) is 5.06. The number of ether oxygens (including phenoxy) is 1. The maximum atomic E-state index is 12.8. The van der Waals surface area contributed by atoms with Crippen LogP contribution in [0.1, 0.15) is 13.3 Å². The Morgan fingerprint density at radius 2 is 2.31 bits per heavy atom. The molecule has 0 aliphatic carbocycles. The summed E-state index contributed by atoms with van der Waals surface area (Å²) in [5, 5.41) is 2.56. The molecule has 0 bridgehead atoms. The monoisotopic (exact) mass is 226 g/mol. The summed E-state index contributed by atoms with van der Waals surface area (Å²) < 4.78 is 17.9. The summed E-state index contributed by atoms with van der Waals surface area (Å²) in [6.07, 6.45) is 0.858. The van der Waals surface area contributed by atoms with Gasteiger partial charge in [-0.25, -0.2) is 4.39 Å². The first-order chi connectivity index (χ1) is 7.63. The Labute approximate surface area is 93.6 Å². The average molecular weight is 226 g/mol. The highest BCUT2D eigenvalue weighted by molar-refractivity contribution is 5.92. The first kappa shape index (κ1) is 12.4. The van der Waals surface area contributed by atoms with E-state index in [-0.39, 0.29) is 18.2 Å². The van der Waals surface area contributed by atoms with E-state index in [9.17, 15) is 9.18 Å². The summed E-state index contributed by atoms with van der Waals surface area (Å²) in [4.78, 5) is 11.3. The zero-order valence-corrected chi connectivity index (χ0v) is 9.13. The second-order valence-corrected chi connectivity index (χ2v) is 3.34. The van der Waals surface area contributed by atoms with E-state index in [1.54, 1.807) is 0 Å². The lowest BCUT2D eigenvalue weighted by Crippen LogP contribution is -2.18. The molecule has 1 amide bonds. The standard InChI is InChI=1S/C11H15FN2O2/c1-2-5-16-7-11(15)14-8-3-4-9(12)10(13)6-8/h3-4,6H,2,5,7,13H2,1H3,(H,14,15). The van der Waals surface area contributed by atoms with Crippen molar-refractivity contribution in [3.63, 3.8) is 0 Å². The molecule has 88 valence electrons. The fourth-order valence-electron chi connectivity index (χ4n) is 1.13. The number of amides is 1. The van der Waals surface area contributed by atoms with E-state index in [2.05, 4.69) is 5.32 Å². The number of anilines is 2. The predicted molar refractivity (Wildman–Crippen MR) is 60.6 cm³/mol. The van der Waals surface area contributed by atoms with Crippen molar-refractivity contribution in [1.29, 1.82) is 0 Å². The lowest BCUT2D eigenvalue weighted by molar-refractivity contribution is -0.120. The second-order valence-electron chi connectivity index (χ2n) is 3.34. The molecule has 0 heterocycles. The maximum absolute atomic E-state index is 12.8. The van der Waals surface area contributed by atoms with Crippen LogP contribution in [0.25, 0.3) is 0 Å². The molecule has 0 unspecified atom stereocenters. The van der Waals surface area contributed by atoms with E-state index in [1.807, 2.05) is 6.92 Å². The molecule has 1 rings (SSSR count). The van der Waals surface area contributed by atoms with E-state index in [0.717, 1.165) is 6.42 Å². The van der Waals surface area contributed by atoms with E-state index < -0.39 is 5.82 Å². The highest BCUT2D eigenvalue weighted by Crippen LogP contribution is 2.15. The molecule has 1 aromatic rings. The number of carbonyl (C=O) groups is 1. The lowest BCUT2D eigenvalue weighted by atomic mass is 10.2. The molecule has 4 nitrogen and oxygen atoms in total. The first-order valence-electron chi connectivity index (χ1n) is 5.06. The average Bonchev–Trinajstić information content (AvgIpc) is 2.24. The minimum Gasteiger partial charge on any atom is -0.396 e. The molecule has 3 N–H and O–H groups in total. The normalized spacial score (nSPS) is 10.1. The van der Waals surface area contributed by atoms with Crippen LogP contribution in [0.2, 0.25) is 0 Å². The van der Waals surface area contributed by atoms with Gasteiger partial charge < -0.3 is 15.8 Å². The third kappa shape index (κ3) is 3.86. The fraction of sp³-hybridized carbons (Fsp3) is 0.364. The Balaban J connectivity index is 2.46. The minimum atomic E-state index is -0.500. The molecule has 0 aromatic heterocycles. The molecular formula is C11H15FN2O2. The molecule has 0 fully saturated rings. The summed E-state index contributed by atoms with van der Waals surface area (Å²) in [7, 11) is 0. The number of nitrogens with two attached hydrogens (primary N) is 1. The molecule has 0 saturated carbocycles. The highest BCUT2D eigenvalue weighted by atomic mass is 19.1. The zero-order valence-electron chi connectivity index (χ0n) is 9.13. The van der Waals surface area contributed by atoms with Gasteiger partial charge in [-0.2, -0.15) is 0 Å². The van der Waals surface area contributed by atoms with Crippen molar-refractivity contribution < 1.29 is 13.9 Å². The summed E-state index contributed by atoms with van der Waals surface area (Å²) in [6.45, 7) is 2.49. The zero-order chi connectivity index (χ0) is 12.0. The summed E-state index contributed by atoms with van der Waals surface area (Å²) >= 11 is 0. The minimum absolute atomic E-state index is 0.00674. The van der Waals surface area contributed by atoms with Crippen LogP contribution in [-0.2, 0) is 9.53 Å². The number of carbonyl (C=O) groups excluding carboxylic acids is 1. The molecule has 1 aromatic carbocycles. The number of rotatable bonds is 5. The van der Waals surface area contributed by atoms with Crippen molar-refractivity contribution in [2.24, 2.45) is 0 Å². The van der Waals surface area contributed by atoms with Gasteiger partial charge in [0.05, 0.1) is 5.69 Å². The Morgan fingerprint density at radius 1 is 1.56 bits per heavy atom. The van der Waals surface area contributed by atoms with Gasteiger partial charge in [-0.3, -0.25) is 4.79 Å². The quantitative estimate of drug-likeness (QED) is 0.594. The molecule has 0 aliphatic rings. The van der Waals surface area contributed by atoms with Crippen molar-refractivity contribution >= 4 is 17.3 Å². The molecule has 5 heteroatoms. The van der Waals surface area contributed by atoms with Gasteiger partial charge in [0.1, 0.15) is 12.4 Å². The summed E-state index contributed by atoms with van der Waals surface area (Å²) in [5.41, 5.74) is 5.83. The third-order valence-corrected chi connectivity index (χ3v) is 1.86. The highest BCUT2D eigenvalue weighted by Gasteiger charge is 2.04. The maximum Gasteiger partial charge on any atom is 0.250 e. The lowest BCUT2D eigenvalue weighted by Gasteiger charge is -2.06. The van der Waals surface area contributed by atoms with Crippen molar-refractivity contribution in [1.82, 2.24) is 0 Å². The Bertz CT molecular complexity index is 369. The number of benzene rings is 1. The summed E-state index contributed by atoms with van der Waals surface area (Å²) in [6, 6.07) is 4.02. The topological polar surface area (TPSA) is 64.3 Å². The van der Waals surface area contributed by atoms with E-state index in [1.165, 1.54) is 18.2 Å². The van der Waals surface area contributed by atoms with Crippen molar-refractivity contribution in [2.75, 3.05) is 24.3 Å². The van der Waals surface area contributed by atoms with E-state index >= 15 is 0 Å². The summed E-state index contributed by atoms with van der Waals surface area (Å²) in [5.74, 6) is -0.778. The smallest absolute Gasteiger partial charge is 0.250 e. The van der Waals surface area contributed by atoms with Crippen LogP contribution >= 0.6 is 0 Å². The van der Waals surface area contributed by atoms with Crippen LogP contribution in [0.5, 0.6) is 0 Å². The van der Waals surface area contributed by atoms with Gasteiger partial charge in [0.15, 0.2) is 0 Å². The third-order valence-electron chi connectivity index (χ3n) is 1.86. The molecule has 0 aliphatic heterocycles. The molecule has 0 radical (unpaired) electrons. The molecule has 0 spiro atoms. The number of nitrogens with one attached hydrogen (secondary N) is 1. The van der Waals surface area contributed by atoms with Crippen LogP contribution in [0.15, 0.2) is 18.2 Å². The molecule has 16 heavy (non-hydrogen) atoms. The number of hydrogen-bond acceptors (Lipinski definition) is 3. The van der Waals surface area contributed by atoms with Crippen LogP contribution in [-0.4, -0.2) is 19.1 Å². The van der Waals surface area contributed by atoms with Crippen LogP contribution in [0, 0.1) is 5.82 Å². The molecular weight excluding hydrogens is 211 g/mol. The van der Waals surface area contributed by atoms with Crippen molar-refractivity contribution in [3.8, 4) is 0 Å². The van der Waals surface area contributed by atoms with E-state index in [0.29, 0.717) is 12.3 Å². The number of halogens is 1. The van der Waals surface area contributed by atoms with Gasteiger partial charge in [-0.1, -0.05) is 6.92 Å². The van der Waals surface area contributed by atoms with Crippen molar-refractivity contribution in [2.45, 2.75) is 13.3 Å². The van der Waals surface area contributed by atoms with Gasteiger partial charge in [0.25, 0.3) is 0 Å². The van der Waals surface area contributed by atoms with Crippen molar-refractivity contribution in [3.05, 3.63) is 24.0 Å². The Hall–Kier alpha value is -1.62. The predicted octanol–water partition coefficient (Wildman–Crippen LogP) is 1.77. The number of hydrogen-bond donors (Lipinski definition) is 2. The second kappa shape index (κ2) is 6.07.